The van der Waals surface area contributed by atoms with Crippen LogP contribution in [0.3, 0.4) is 0 Å². The molecule has 1 fully saturated rings. The minimum Gasteiger partial charge on any atom is -0.392 e. The third-order valence-corrected chi connectivity index (χ3v) is 6.71. The highest BCUT2D eigenvalue weighted by Gasteiger charge is 2.41. The molecule has 22 heavy (non-hydrogen) atoms. The molecule has 0 aromatic heterocycles. The van der Waals surface area contributed by atoms with Crippen LogP contribution < -0.4 is 0 Å². The zero-order chi connectivity index (χ0) is 15.6. The van der Waals surface area contributed by atoms with Crippen molar-refractivity contribution in [3.05, 3.63) is 66.2 Å². The number of benzene rings is 2. The van der Waals surface area contributed by atoms with Crippen LogP contribution in [-0.4, -0.2) is 24.9 Å². The van der Waals surface area contributed by atoms with E-state index in [2.05, 4.69) is 0 Å². The van der Waals surface area contributed by atoms with Gasteiger partial charge in [-0.05, 0) is 37.0 Å². The van der Waals surface area contributed by atoms with Crippen LogP contribution in [0.1, 0.15) is 30.7 Å². The fraction of sp³-hybridized carbons (Fsp3) is 0.333. The summed E-state index contributed by atoms with van der Waals surface area (Å²) in [6.45, 7) is 0. The van der Waals surface area contributed by atoms with E-state index < -0.39 is 21.2 Å². The lowest BCUT2D eigenvalue weighted by Crippen LogP contribution is -2.39. The van der Waals surface area contributed by atoms with E-state index in [1.165, 1.54) is 0 Å². The molecule has 0 bridgehead atoms. The Morgan fingerprint density at radius 3 is 2.09 bits per heavy atom. The van der Waals surface area contributed by atoms with E-state index in [-0.39, 0.29) is 5.92 Å². The Hall–Kier alpha value is -1.65. The maximum Gasteiger partial charge on any atom is 0.181 e. The maximum absolute atomic E-state index is 13.0. The van der Waals surface area contributed by atoms with Crippen LogP contribution in [0.2, 0.25) is 0 Å². The normalized spacial score (nSPS) is 25.8. The first-order valence-corrected chi connectivity index (χ1v) is 9.17. The van der Waals surface area contributed by atoms with Crippen molar-refractivity contribution in [3.8, 4) is 0 Å². The third kappa shape index (κ3) is 2.81. The van der Waals surface area contributed by atoms with Gasteiger partial charge in [-0.1, -0.05) is 48.5 Å². The average molecular weight is 316 g/mol. The van der Waals surface area contributed by atoms with Gasteiger partial charge in [0.2, 0.25) is 0 Å². The van der Waals surface area contributed by atoms with Crippen molar-refractivity contribution in [1.29, 1.82) is 0 Å². The van der Waals surface area contributed by atoms with Crippen molar-refractivity contribution < 1.29 is 13.5 Å². The third-order valence-electron chi connectivity index (χ3n) is 4.46. The molecule has 1 aliphatic rings. The van der Waals surface area contributed by atoms with Gasteiger partial charge in [-0.2, -0.15) is 0 Å². The summed E-state index contributed by atoms with van der Waals surface area (Å²) in [6, 6.07) is 18.1. The Kier molecular flexibility index (Phi) is 4.32. The lowest BCUT2D eigenvalue weighted by molar-refractivity contribution is 0.108. The summed E-state index contributed by atoms with van der Waals surface area (Å²) in [7, 11) is -3.45. The molecule has 4 heteroatoms. The largest absolute Gasteiger partial charge is 0.392 e. The van der Waals surface area contributed by atoms with Crippen molar-refractivity contribution in [2.45, 2.75) is 41.4 Å². The molecular formula is C18H20O3S. The Morgan fingerprint density at radius 1 is 0.864 bits per heavy atom. The summed E-state index contributed by atoms with van der Waals surface area (Å²) in [6.07, 6.45) is 1.37. The van der Waals surface area contributed by atoms with Gasteiger partial charge in [0.1, 0.15) is 0 Å². The highest BCUT2D eigenvalue weighted by Crippen LogP contribution is 2.39. The van der Waals surface area contributed by atoms with E-state index in [0.717, 1.165) is 12.0 Å². The summed E-state index contributed by atoms with van der Waals surface area (Å²) in [5, 5.41) is 9.87. The van der Waals surface area contributed by atoms with E-state index in [1.807, 2.05) is 36.4 Å². The van der Waals surface area contributed by atoms with Crippen molar-refractivity contribution in [2.24, 2.45) is 0 Å². The number of rotatable bonds is 3. The fourth-order valence-electron chi connectivity index (χ4n) is 3.38. The smallest absolute Gasteiger partial charge is 0.181 e. The fourth-order valence-corrected chi connectivity index (χ4v) is 5.47. The predicted molar refractivity (Wildman–Crippen MR) is 86.5 cm³/mol. The number of aliphatic hydroxyl groups is 1. The molecule has 2 aromatic rings. The molecule has 0 heterocycles. The van der Waals surface area contributed by atoms with Gasteiger partial charge >= 0.3 is 0 Å². The minimum atomic E-state index is -3.45. The van der Waals surface area contributed by atoms with Gasteiger partial charge < -0.3 is 5.11 Å². The second-order valence-electron chi connectivity index (χ2n) is 5.83. The minimum absolute atomic E-state index is 0.343. The quantitative estimate of drug-likeness (QED) is 0.946. The van der Waals surface area contributed by atoms with Crippen LogP contribution >= 0.6 is 0 Å². The first-order chi connectivity index (χ1) is 10.6. The molecule has 1 saturated carbocycles. The summed E-state index contributed by atoms with van der Waals surface area (Å²) in [4.78, 5) is 0.343. The SMILES string of the molecule is O=S(=O)(c1ccccc1)C1CCCC(O)C1c1ccccc1. The molecule has 0 amide bonds. The second-order valence-corrected chi connectivity index (χ2v) is 8.00. The molecule has 3 unspecified atom stereocenters. The topological polar surface area (TPSA) is 54.4 Å². The van der Waals surface area contributed by atoms with Crippen molar-refractivity contribution >= 4 is 9.84 Å². The highest BCUT2D eigenvalue weighted by molar-refractivity contribution is 7.92. The predicted octanol–water partition coefficient (Wildman–Crippen LogP) is 3.16. The Labute approximate surface area is 131 Å². The van der Waals surface area contributed by atoms with E-state index in [1.54, 1.807) is 24.3 Å². The van der Waals surface area contributed by atoms with Crippen LogP contribution in [-0.2, 0) is 9.84 Å². The number of hydrogen-bond acceptors (Lipinski definition) is 3. The Bertz CT molecular complexity index is 711. The number of sulfone groups is 1. The van der Waals surface area contributed by atoms with Gasteiger partial charge in [0.25, 0.3) is 0 Å². The second kappa shape index (κ2) is 6.23. The monoisotopic (exact) mass is 316 g/mol. The van der Waals surface area contributed by atoms with Gasteiger partial charge in [0, 0.05) is 5.92 Å². The standard InChI is InChI=1S/C18H20O3S/c19-16-12-7-13-17(18(16)14-8-3-1-4-9-14)22(20,21)15-10-5-2-6-11-15/h1-6,8-11,16-19H,7,12-13H2. The van der Waals surface area contributed by atoms with Crippen molar-refractivity contribution in [1.82, 2.24) is 0 Å². The van der Waals surface area contributed by atoms with Gasteiger partial charge in [0.05, 0.1) is 16.2 Å². The number of hydrogen-bond donors (Lipinski definition) is 1. The molecule has 3 rings (SSSR count). The van der Waals surface area contributed by atoms with E-state index >= 15 is 0 Å². The van der Waals surface area contributed by atoms with Gasteiger partial charge in [-0.25, -0.2) is 8.42 Å². The molecule has 0 spiro atoms. The van der Waals surface area contributed by atoms with Crippen LogP contribution in [0, 0.1) is 0 Å². The van der Waals surface area contributed by atoms with Crippen LogP contribution in [0.25, 0.3) is 0 Å². The molecule has 3 nitrogen and oxygen atoms in total. The Morgan fingerprint density at radius 2 is 1.45 bits per heavy atom. The first kappa shape index (κ1) is 15.3. The summed E-state index contributed by atoms with van der Waals surface area (Å²) >= 11 is 0. The Balaban J connectivity index is 2.03. The van der Waals surface area contributed by atoms with E-state index in [9.17, 15) is 13.5 Å². The van der Waals surface area contributed by atoms with Crippen molar-refractivity contribution in [2.75, 3.05) is 0 Å². The maximum atomic E-state index is 13.0. The first-order valence-electron chi connectivity index (χ1n) is 7.62. The molecule has 2 aromatic carbocycles. The zero-order valence-corrected chi connectivity index (χ0v) is 13.1. The summed E-state index contributed by atoms with van der Waals surface area (Å²) < 4.78 is 26.0. The summed E-state index contributed by atoms with van der Waals surface area (Å²) in [5.74, 6) is -0.361. The van der Waals surface area contributed by atoms with Crippen LogP contribution in [0.15, 0.2) is 65.6 Å². The molecule has 116 valence electrons. The van der Waals surface area contributed by atoms with Gasteiger partial charge in [0.15, 0.2) is 9.84 Å². The highest BCUT2D eigenvalue weighted by atomic mass is 32.2. The molecule has 0 saturated heterocycles. The molecule has 3 atom stereocenters. The average Bonchev–Trinajstić information content (AvgIpc) is 2.56. The molecular weight excluding hydrogens is 296 g/mol. The molecule has 0 aliphatic heterocycles. The lowest BCUT2D eigenvalue weighted by Gasteiger charge is -2.35. The molecule has 1 aliphatic carbocycles. The lowest BCUT2D eigenvalue weighted by atomic mass is 9.81. The van der Waals surface area contributed by atoms with Gasteiger partial charge in [-0.15, -0.1) is 0 Å². The van der Waals surface area contributed by atoms with Gasteiger partial charge in [-0.3, -0.25) is 0 Å². The molecule has 1 N–H and O–H groups in total. The van der Waals surface area contributed by atoms with Crippen LogP contribution in [0.4, 0.5) is 0 Å². The zero-order valence-electron chi connectivity index (χ0n) is 12.3. The van der Waals surface area contributed by atoms with Crippen molar-refractivity contribution in [3.63, 3.8) is 0 Å². The molecule has 0 radical (unpaired) electrons. The number of aliphatic hydroxyl groups excluding tert-OH is 1. The van der Waals surface area contributed by atoms with E-state index in [0.29, 0.717) is 17.7 Å². The van der Waals surface area contributed by atoms with Crippen LogP contribution in [0.5, 0.6) is 0 Å². The summed E-state index contributed by atoms with van der Waals surface area (Å²) in [5.41, 5.74) is 0.902. The van der Waals surface area contributed by atoms with E-state index in [4.69, 9.17) is 0 Å².